The van der Waals surface area contributed by atoms with Crippen LogP contribution >= 0.6 is 11.5 Å². The number of nitrogens with zero attached hydrogens (tertiary/aromatic N) is 2. The molecule has 2 aliphatic rings. The summed E-state index contributed by atoms with van der Waals surface area (Å²) in [5, 5.41) is 9.20. The van der Waals surface area contributed by atoms with E-state index in [1.807, 2.05) is 0 Å². The van der Waals surface area contributed by atoms with Gasteiger partial charge in [-0.15, -0.1) is 0 Å². The third-order valence-electron chi connectivity index (χ3n) is 4.25. The van der Waals surface area contributed by atoms with Crippen LogP contribution in [-0.4, -0.2) is 33.4 Å². The lowest BCUT2D eigenvalue weighted by molar-refractivity contribution is -0.125. The van der Waals surface area contributed by atoms with Crippen LogP contribution in [0.15, 0.2) is 0 Å². The number of imide groups is 1. The molecular weight excluding hydrogens is 290 g/mol. The molecule has 1 aliphatic heterocycles. The van der Waals surface area contributed by atoms with Gasteiger partial charge in [-0.05, 0) is 12.8 Å². The van der Waals surface area contributed by atoms with Crippen LogP contribution < -0.4 is 16.0 Å². The maximum atomic E-state index is 12.1. The highest BCUT2D eigenvalue weighted by atomic mass is 32.1. The molecule has 0 aromatic carbocycles. The minimum Gasteiger partial charge on any atom is -0.360 e. The number of rotatable bonds is 4. The predicted molar refractivity (Wildman–Crippen MR) is 79.2 cm³/mol. The van der Waals surface area contributed by atoms with Gasteiger partial charge in [0.05, 0.1) is 0 Å². The molecule has 2 unspecified atom stereocenters. The van der Waals surface area contributed by atoms with Crippen LogP contribution in [0.25, 0.3) is 0 Å². The topological polar surface area (TPSA) is 96.0 Å². The van der Waals surface area contributed by atoms with E-state index in [1.54, 1.807) is 0 Å². The number of anilines is 1. The molecule has 2 atom stereocenters. The SMILES string of the molecule is CC(C)c1nsc(NCC2CCCC23NC(=O)NC3=O)n1. The Bertz CT molecular complexity index is 573. The Labute approximate surface area is 127 Å². The number of carbonyl (C=O) groups is 2. The first-order valence-electron chi connectivity index (χ1n) is 7.22. The number of carbonyl (C=O) groups excluding carboxylic acids is 2. The highest BCUT2D eigenvalue weighted by Gasteiger charge is 2.54. The van der Waals surface area contributed by atoms with E-state index in [-0.39, 0.29) is 17.9 Å². The van der Waals surface area contributed by atoms with Gasteiger partial charge in [0.15, 0.2) is 0 Å². The summed E-state index contributed by atoms with van der Waals surface area (Å²) in [6, 6.07) is -0.384. The van der Waals surface area contributed by atoms with Gasteiger partial charge in [0.2, 0.25) is 5.13 Å². The van der Waals surface area contributed by atoms with Crippen molar-refractivity contribution in [2.75, 3.05) is 11.9 Å². The zero-order valence-electron chi connectivity index (χ0n) is 12.1. The van der Waals surface area contributed by atoms with Gasteiger partial charge in [-0.25, -0.2) is 9.78 Å². The quantitative estimate of drug-likeness (QED) is 0.732. The van der Waals surface area contributed by atoms with E-state index in [0.717, 1.165) is 23.8 Å². The Morgan fingerprint density at radius 2 is 2.29 bits per heavy atom. The Morgan fingerprint density at radius 1 is 1.48 bits per heavy atom. The van der Waals surface area contributed by atoms with Gasteiger partial charge in [-0.2, -0.15) is 4.37 Å². The van der Waals surface area contributed by atoms with Crippen LogP contribution in [-0.2, 0) is 4.79 Å². The van der Waals surface area contributed by atoms with Crippen LogP contribution in [0.4, 0.5) is 9.93 Å². The predicted octanol–water partition coefficient (Wildman–Crippen LogP) is 1.45. The maximum Gasteiger partial charge on any atom is 0.322 e. The monoisotopic (exact) mass is 309 g/mol. The average Bonchev–Trinajstić information content (AvgIpc) is 3.09. The first-order valence-corrected chi connectivity index (χ1v) is 7.99. The van der Waals surface area contributed by atoms with Crippen molar-refractivity contribution in [1.29, 1.82) is 0 Å². The first-order chi connectivity index (χ1) is 10.0. The molecule has 0 radical (unpaired) electrons. The third kappa shape index (κ3) is 2.48. The smallest absolute Gasteiger partial charge is 0.322 e. The lowest BCUT2D eigenvalue weighted by Crippen LogP contribution is -2.51. The third-order valence-corrected chi connectivity index (χ3v) is 4.93. The van der Waals surface area contributed by atoms with E-state index in [2.05, 4.69) is 39.2 Å². The molecule has 8 heteroatoms. The highest BCUT2D eigenvalue weighted by molar-refractivity contribution is 7.09. The van der Waals surface area contributed by atoms with Gasteiger partial charge >= 0.3 is 6.03 Å². The van der Waals surface area contributed by atoms with Crippen LogP contribution in [0.2, 0.25) is 0 Å². The van der Waals surface area contributed by atoms with Crippen molar-refractivity contribution in [3.63, 3.8) is 0 Å². The van der Waals surface area contributed by atoms with Gasteiger partial charge < -0.3 is 10.6 Å². The van der Waals surface area contributed by atoms with Crippen molar-refractivity contribution in [2.24, 2.45) is 5.92 Å². The molecule has 2 fully saturated rings. The maximum absolute atomic E-state index is 12.1. The number of urea groups is 1. The second-order valence-corrected chi connectivity index (χ2v) is 6.71. The van der Waals surface area contributed by atoms with Crippen LogP contribution in [0.5, 0.6) is 0 Å². The number of amides is 3. The molecule has 3 rings (SSSR count). The standard InChI is InChI=1S/C13H19N5O2S/c1-7(2)9-15-12(21-18-9)14-6-8-4-3-5-13(8)10(19)16-11(20)17-13/h7-8H,3-6H2,1-2H3,(H,14,15,18)(H2,16,17,19,20). The number of hydrogen-bond acceptors (Lipinski definition) is 6. The summed E-state index contributed by atoms with van der Waals surface area (Å²) in [6.07, 6.45) is 2.55. The second kappa shape index (κ2) is 5.25. The van der Waals surface area contributed by atoms with Crippen molar-refractivity contribution >= 4 is 28.6 Å². The lowest BCUT2D eigenvalue weighted by atomic mass is 9.87. The molecule has 21 heavy (non-hydrogen) atoms. The molecule has 1 spiro atoms. The van der Waals surface area contributed by atoms with Crippen LogP contribution in [0.3, 0.4) is 0 Å². The fraction of sp³-hybridized carbons (Fsp3) is 0.692. The molecule has 2 heterocycles. The van der Waals surface area contributed by atoms with E-state index in [9.17, 15) is 9.59 Å². The summed E-state index contributed by atoms with van der Waals surface area (Å²) < 4.78 is 4.30. The molecule has 1 aromatic heterocycles. The van der Waals surface area contributed by atoms with Gasteiger partial charge in [-0.1, -0.05) is 20.3 Å². The van der Waals surface area contributed by atoms with Gasteiger partial charge in [0.1, 0.15) is 11.4 Å². The molecule has 3 amide bonds. The summed E-state index contributed by atoms with van der Waals surface area (Å²) in [6.45, 7) is 4.72. The van der Waals surface area contributed by atoms with Crippen molar-refractivity contribution in [2.45, 2.75) is 44.6 Å². The zero-order chi connectivity index (χ0) is 15.0. The van der Waals surface area contributed by atoms with Crippen molar-refractivity contribution in [3.8, 4) is 0 Å². The normalized spacial score (nSPS) is 28.2. The summed E-state index contributed by atoms with van der Waals surface area (Å²) in [4.78, 5) is 27.9. The molecule has 1 saturated carbocycles. The molecule has 1 aliphatic carbocycles. The van der Waals surface area contributed by atoms with Crippen molar-refractivity contribution in [1.82, 2.24) is 20.0 Å². The summed E-state index contributed by atoms with van der Waals surface area (Å²) in [7, 11) is 0. The Kier molecular flexibility index (Phi) is 3.56. The first kappa shape index (κ1) is 14.2. The van der Waals surface area contributed by atoms with E-state index < -0.39 is 5.54 Å². The lowest BCUT2D eigenvalue weighted by Gasteiger charge is -2.27. The Hall–Kier alpha value is -1.70. The number of nitrogens with one attached hydrogen (secondary N) is 3. The average molecular weight is 309 g/mol. The van der Waals surface area contributed by atoms with Crippen molar-refractivity contribution in [3.05, 3.63) is 5.82 Å². The van der Waals surface area contributed by atoms with E-state index in [1.165, 1.54) is 11.5 Å². The van der Waals surface area contributed by atoms with E-state index in [4.69, 9.17) is 0 Å². The summed E-state index contributed by atoms with van der Waals surface area (Å²) >= 11 is 1.33. The molecule has 1 saturated heterocycles. The minimum atomic E-state index is -0.740. The van der Waals surface area contributed by atoms with Crippen LogP contribution in [0.1, 0.15) is 44.9 Å². The molecule has 7 nitrogen and oxygen atoms in total. The molecular formula is C13H19N5O2S. The molecule has 114 valence electrons. The number of aromatic nitrogens is 2. The Balaban J connectivity index is 1.67. The molecule has 1 aromatic rings. The van der Waals surface area contributed by atoms with Gasteiger partial charge in [-0.3, -0.25) is 10.1 Å². The largest absolute Gasteiger partial charge is 0.360 e. The van der Waals surface area contributed by atoms with Crippen LogP contribution in [0, 0.1) is 5.92 Å². The summed E-state index contributed by atoms with van der Waals surface area (Å²) in [5.74, 6) is 1.01. The van der Waals surface area contributed by atoms with E-state index >= 15 is 0 Å². The fourth-order valence-corrected chi connectivity index (χ4v) is 3.79. The molecule has 3 N–H and O–H groups in total. The summed E-state index contributed by atoms with van der Waals surface area (Å²) in [5.41, 5.74) is -0.740. The van der Waals surface area contributed by atoms with Gasteiger partial charge in [0.25, 0.3) is 5.91 Å². The van der Waals surface area contributed by atoms with Gasteiger partial charge in [0, 0.05) is 29.9 Å². The van der Waals surface area contributed by atoms with E-state index in [0.29, 0.717) is 18.9 Å². The highest BCUT2D eigenvalue weighted by Crippen LogP contribution is 2.38. The second-order valence-electron chi connectivity index (χ2n) is 5.96. The minimum absolute atomic E-state index is 0.0790. The molecule has 0 bridgehead atoms. The fourth-order valence-electron chi connectivity index (χ4n) is 3.07. The Morgan fingerprint density at radius 3 is 2.90 bits per heavy atom. The number of hydrogen-bond donors (Lipinski definition) is 3. The zero-order valence-corrected chi connectivity index (χ0v) is 12.9. The van der Waals surface area contributed by atoms with Crippen molar-refractivity contribution < 1.29 is 9.59 Å².